The Morgan fingerprint density at radius 3 is 2.30 bits per heavy atom. The molecule has 0 spiro atoms. The Labute approximate surface area is 123 Å². The third-order valence-electron chi connectivity index (χ3n) is 3.69. The summed E-state index contributed by atoms with van der Waals surface area (Å²) in [6, 6.07) is 0. The van der Waals surface area contributed by atoms with Gasteiger partial charge in [0, 0.05) is 32.7 Å². The Morgan fingerprint density at radius 1 is 1.25 bits per heavy atom. The Hall–Kier alpha value is -0.810. The number of rotatable bonds is 5. The number of hydrogen-bond donors (Lipinski definition) is 1. The Bertz CT molecular complexity index is 294. The fourth-order valence-electron chi connectivity index (χ4n) is 2.46. The molecule has 0 bridgehead atoms. The smallest absolute Gasteiger partial charge is 0.410 e. The van der Waals surface area contributed by atoms with Crippen molar-refractivity contribution in [1.82, 2.24) is 9.80 Å². The molecule has 1 amide bonds. The summed E-state index contributed by atoms with van der Waals surface area (Å²) in [6.07, 6.45) is 2.07. The maximum atomic E-state index is 12.0. The zero-order valence-electron chi connectivity index (χ0n) is 13.5. The summed E-state index contributed by atoms with van der Waals surface area (Å²) in [5.41, 5.74) is 5.23. The monoisotopic (exact) mass is 285 g/mol. The number of carbonyl (C=O) groups is 1. The molecule has 20 heavy (non-hydrogen) atoms. The van der Waals surface area contributed by atoms with Gasteiger partial charge < -0.3 is 15.4 Å². The van der Waals surface area contributed by atoms with Gasteiger partial charge in [0.15, 0.2) is 0 Å². The van der Waals surface area contributed by atoms with E-state index in [9.17, 15) is 4.79 Å². The Balaban J connectivity index is 2.34. The minimum atomic E-state index is -0.414. The van der Waals surface area contributed by atoms with Crippen LogP contribution in [0.5, 0.6) is 0 Å². The third kappa shape index (κ3) is 6.09. The molecule has 0 radical (unpaired) electrons. The average molecular weight is 285 g/mol. The topological polar surface area (TPSA) is 58.8 Å². The minimum Gasteiger partial charge on any atom is -0.444 e. The zero-order valence-corrected chi connectivity index (χ0v) is 13.5. The van der Waals surface area contributed by atoms with Gasteiger partial charge in [-0.15, -0.1) is 0 Å². The predicted molar refractivity (Wildman–Crippen MR) is 81.7 cm³/mol. The van der Waals surface area contributed by atoms with Crippen LogP contribution in [0, 0.1) is 5.92 Å². The molecule has 5 nitrogen and oxygen atoms in total. The van der Waals surface area contributed by atoms with Crippen molar-refractivity contribution in [2.24, 2.45) is 11.7 Å². The third-order valence-corrected chi connectivity index (χ3v) is 3.69. The van der Waals surface area contributed by atoms with E-state index in [0.29, 0.717) is 5.92 Å². The van der Waals surface area contributed by atoms with Crippen LogP contribution in [-0.4, -0.2) is 60.8 Å². The fraction of sp³-hybridized carbons (Fsp3) is 0.933. The summed E-state index contributed by atoms with van der Waals surface area (Å²) in [7, 11) is 0. The molecule has 0 aromatic carbocycles. The van der Waals surface area contributed by atoms with Gasteiger partial charge >= 0.3 is 6.09 Å². The number of piperazine rings is 1. The first-order chi connectivity index (χ1) is 9.35. The summed E-state index contributed by atoms with van der Waals surface area (Å²) in [5, 5.41) is 0. The summed E-state index contributed by atoms with van der Waals surface area (Å²) >= 11 is 0. The molecule has 1 fully saturated rings. The van der Waals surface area contributed by atoms with Gasteiger partial charge in [-0.25, -0.2) is 4.79 Å². The van der Waals surface area contributed by atoms with Crippen molar-refractivity contribution in [2.45, 2.75) is 46.1 Å². The van der Waals surface area contributed by atoms with E-state index in [1.165, 1.54) is 6.42 Å². The molecule has 0 aliphatic carbocycles. The first kappa shape index (κ1) is 17.2. The van der Waals surface area contributed by atoms with Crippen LogP contribution in [0.4, 0.5) is 4.79 Å². The van der Waals surface area contributed by atoms with Crippen molar-refractivity contribution in [3.8, 4) is 0 Å². The van der Waals surface area contributed by atoms with Crippen LogP contribution in [0.3, 0.4) is 0 Å². The Kier molecular flexibility index (Phi) is 6.76. The lowest BCUT2D eigenvalue weighted by Crippen LogP contribution is -2.50. The highest BCUT2D eigenvalue weighted by molar-refractivity contribution is 5.68. The van der Waals surface area contributed by atoms with Gasteiger partial charge in [0.05, 0.1) is 0 Å². The molecular weight excluding hydrogens is 254 g/mol. The minimum absolute atomic E-state index is 0.189. The lowest BCUT2D eigenvalue weighted by molar-refractivity contribution is 0.0132. The van der Waals surface area contributed by atoms with Crippen molar-refractivity contribution in [3.63, 3.8) is 0 Å². The second-order valence-electron chi connectivity index (χ2n) is 6.62. The molecule has 1 unspecified atom stereocenters. The quantitative estimate of drug-likeness (QED) is 0.838. The van der Waals surface area contributed by atoms with Crippen LogP contribution in [0.15, 0.2) is 0 Å². The van der Waals surface area contributed by atoms with Gasteiger partial charge in [-0.2, -0.15) is 0 Å². The van der Waals surface area contributed by atoms with Crippen LogP contribution in [0.25, 0.3) is 0 Å². The van der Waals surface area contributed by atoms with E-state index in [1.54, 1.807) is 0 Å². The highest BCUT2D eigenvalue weighted by atomic mass is 16.6. The summed E-state index contributed by atoms with van der Waals surface area (Å²) in [6.45, 7) is 13.2. The second-order valence-corrected chi connectivity index (χ2v) is 6.62. The molecule has 0 saturated carbocycles. The molecule has 0 aromatic heterocycles. The number of hydrogen-bond acceptors (Lipinski definition) is 4. The first-order valence-corrected chi connectivity index (χ1v) is 7.76. The molecule has 1 aliphatic rings. The maximum Gasteiger partial charge on any atom is 0.410 e. The van der Waals surface area contributed by atoms with E-state index in [1.807, 2.05) is 25.7 Å². The van der Waals surface area contributed by atoms with Crippen LogP contribution in [-0.2, 0) is 4.74 Å². The van der Waals surface area contributed by atoms with E-state index < -0.39 is 5.60 Å². The van der Waals surface area contributed by atoms with Crippen molar-refractivity contribution >= 4 is 6.09 Å². The van der Waals surface area contributed by atoms with Gasteiger partial charge in [0.25, 0.3) is 0 Å². The number of carbonyl (C=O) groups excluding carboxylic acids is 1. The van der Waals surface area contributed by atoms with E-state index in [4.69, 9.17) is 10.5 Å². The SMILES string of the molecule is CCC(CCN)CN1CCN(C(=O)OC(C)(C)C)CC1. The summed E-state index contributed by atoms with van der Waals surface area (Å²) in [4.78, 5) is 16.2. The van der Waals surface area contributed by atoms with Gasteiger partial charge in [-0.1, -0.05) is 13.3 Å². The predicted octanol–water partition coefficient (Wildman–Crippen LogP) is 1.91. The lowest BCUT2D eigenvalue weighted by Gasteiger charge is -2.37. The van der Waals surface area contributed by atoms with Crippen molar-refractivity contribution < 1.29 is 9.53 Å². The molecular formula is C15H31N3O2. The van der Waals surface area contributed by atoms with Crippen molar-refractivity contribution in [2.75, 3.05) is 39.3 Å². The molecule has 0 aromatic rings. The van der Waals surface area contributed by atoms with Crippen molar-refractivity contribution in [1.29, 1.82) is 0 Å². The normalized spacial score (nSPS) is 18.9. The molecule has 1 saturated heterocycles. The van der Waals surface area contributed by atoms with Crippen LogP contribution >= 0.6 is 0 Å². The first-order valence-electron chi connectivity index (χ1n) is 7.76. The fourth-order valence-corrected chi connectivity index (χ4v) is 2.46. The largest absolute Gasteiger partial charge is 0.444 e. The van der Waals surface area contributed by atoms with E-state index in [0.717, 1.165) is 45.7 Å². The van der Waals surface area contributed by atoms with Gasteiger partial charge in [0.2, 0.25) is 0 Å². The standard InChI is InChI=1S/C15H31N3O2/c1-5-13(6-7-16)12-17-8-10-18(11-9-17)14(19)20-15(2,3)4/h13H,5-12,16H2,1-4H3. The number of nitrogens with zero attached hydrogens (tertiary/aromatic N) is 2. The van der Waals surface area contributed by atoms with Gasteiger partial charge in [-0.3, -0.25) is 4.90 Å². The van der Waals surface area contributed by atoms with E-state index in [2.05, 4.69) is 11.8 Å². The molecule has 1 aliphatic heterocycles. The highest BCUT2D eigenvalue weighted by Gasteiger charge is 2.26. The van der Waals surface area contributed by atoms with Crippen molar-refractivity contribution in [3.05, 3.63) is 0 Å². The van der Waals surface area contributed by atoms with Gasteiger partial charge in [0.1, 0.15) is 5.60 Å². The van der Waals surface area contributed by atoms with E-state index >= 15 is 0 Å². The number of nitrogens with two attached hydrogens (primary N) is 1. The van der Waals surface area contributed by atoms with Gasteiger partial charge in [-0.05, 0) is 39.7 Å². The zero-order chi connectivity index (χ0) is 15.2. The molecule has 2 N–H and O–H groups in total. The van der Waals surface area contributed by atoms with Crippen LogP contribution in [0.2, 0.25) is 0 Å². The summed E-state index contributed by atoms with van der Waals surface area (Å²) < 4.78 is 5.41. The second kappa shape index (κ2) is 7.84. The van der Waals surface area contributed by atoms with E-state index in [-0.39, 0.29) is 6.09 Å². The van der Waals surface area contributed by atoms with Crippen LogP contribution in [0.1, 0.15) is 40.5 Å². The number of ether oxygens (including phenoxy) is 1. The maximum absolute atomic E-state index is 12.0. The Morgan fingerprint density at radius 2 is 1.85 bits per heavy atom. The summed E-state index contributed by atoms with van der Waals surface area (Å²) in [5.74, 6) is 0.674. The molecule has 1 rings (SSSR count). The molecule has 1 heterocycles. The lowest BCUT2D eigenvalue weighted by atomic mass is 10.0. The molecule has 118 valence electrons. The highest BCUT2D eigenvalue weighted by Crippen LogP contribution is 2.14. The molecule has 1 atom stereocenters. The van der Waals surface area contributed by atoms with Crippen LogP contribution < -0.4 is 5.73 Å². The average Bonchev–Trinajstić information content (AvgIpc) is 2.37. The number of amides is 1. The molecule has 5 heteroatoms.